The number of rotatable bonds is 1. The molecule has 1 aromatic rings. The van der Waals surface area contributed by atoms with Crippen LogP contribution < -0.4 is 5.43 Å². The number of hydrogen-bond acceptors (Lipinski definition) is 5. The van der Waals surface area contributed by atoms with E-state index in [2.05, 4.69) is 0 Å². The van der Waals surface area contributed by atoms with Gasteiger partial charge < -0.3 is 24.4 Å². The van der Waals surface area contributed by atoms with E-state index in [1.165, 1.54) is 9.47 Å². The molecule has 20 heavy (non-hydrogen) atoms. The van der Waals surface area contributed by atoms with Crippen LogP contribution in [0.15, 0.2) is 11.0 Å². The number of hydrogen-bond donors (Lipinski definition) is 2. The number of fused-ring (bicyclic) bond motifs is 2. The lowest BCUT2D eigenvalue weighted by atomic mass is 10.1. The van der Waals surface area contributed by atoms with E-state index in [4.69, 9.17) is 9.84 Å². The zero-order valence-corrected chi connectivity index (χ0v) is 10.6. The third-order valence-electron chi connectivity index (χ3n) is 3.59. The van der Waals surface area contributed by atoms with Crippen molar-refractivity contribution in [1.82, 2.24) is 9.47 Å². The van der Waals surface area contributed by atoms with Gasteiger partial charge in [0, 0.05) is 6.20 Å². The van der Waals surface area contributed by atoms with Crippen LogP contribution in [0.2, 0.25) is 0 Å². The summed E-state index contributed by atoms with van der Waals surface area (Å²) < 4.78 is 6.71. The predicted octanol–water partition coefficient (Wildman–Crippen LogP) is -0.547. The second-order valence-electron chi connectivity index (χ2n) is 4.88. The molecule has 106 valence electrons. The minimum Gasteiger partial charge on any atom is -0.503 e. The van der Waals surface area contributed by atoms with Crippen molar-refractivity contribution in [3.63, 3.8) is 0 Å². The molecular formula is C12H12N2O6. The SMILES string of the molecule is C[C@H]1CO[C@@H]2Cn3cc(C(=O)O)c(=O)c(O)c3C(=O)N12. The van der Waals surface area contributed by atoms with Crippen LogP contribution >= 0.6 is 0 Å². The quantitative estimate of drug-likeness (QED) is 0.714. The van der Waals surface area contributed by atoms with Gasteiger partial charge in [0.05, 0.1) is 19.2 Å². The third kappa shape index (κ3) is 1.54. The van der Waals surface area contributed by atoms with Gasteiger partial charge in [-0.15, -0.1) is 0 Å². The summed E-state index contributed by atoms with van der Waals surface area (Å²) in [6.45, 7) is 2.34. The van der Waals surface area contributed by atoms with E-state index in [-0.39, 0.29) is 18.3 Å². The van der Waals surface area contributed by atoms with Crippen LogP contribution in [0.4, 0.5) is 0 Å². The number of carboxylic acids is 1. The topological polar surface area (TPSA) is 109 Å². The van der Waals surface area contributed by atoms with E-state index >= 15 is 0 Å². The number of ether oxygens (including phenoxy) is 1. The van der Waals surface area contributed by atoms with E-state index in [1.54, 1.807) is 6.92 Å². The largest absolute Gasteiger partial charge is 0.503 e. The number of aromatic carboxylic acids is 1. The first-order chi connectivity index (χ1) is 9.41. The van der Waals surface area contributed by atoms with Crippen molar-refractivity contribution in [3.8, 4) is 5.75 Å². The molecule has 1 fully saturated rings. The average Bonchev–Trinajstić information content (AvgIpc) is 2.75. The highest BCUT2D eigenvalue weighted by atomic mass is 16.5. The standard InChI is InChI=1S/C12H12N2O6/c1-5-4-20-7-3-13-2-6(12(18)19)9(15)10(16)8(13)11(17)14(5)7/h2,5,7,16H,3-4H2,1H3,(H,18,19)/t5-,7+/m0/s1. The van der Waals surface area contributed by atoms with Crippen molar-refractivity contribution in [2.24, 2.45) is 0 Å². The summed E-state index contributed by atoms with van der Waals surface area (Å²) in [5, 5.41) is 18.8. The van der Waals surface area contributed by atoms with E-state index in [1.807, 2.05) is 0 Å². The van der Waals surface area contributed by atoms with Crippen LogP contribution in [-0.4, -0.2) is 50.4 Å². The van der Waals surface area contributed by atoms with Gasteiger partial charge in [-0.25, -0.2) is 4.79 Å². The number of amides is 1. The molecule has 0 unspecified atom stereocenters. The highest BCUT2D eigenvalue weighted by molar-refractivity contribution is 5.97. The molecule has 1 amide bonds. The fourth-order valence-electron chi connectivity index (χ4n) is 2.63. The van der Waals surface area contributed by atoms with Crippen molar-refractivity contribution in [1.29, 1.82) is 0 Å². The molecular weight excluding hydrogens is 268 g/mol. The molecule has 2 atom stereocenters. The predicted molar refractivity (Wildman–Crippen MR) is 64.7 cm³/mol. The number of aromatic nitrogens is 1. The van der Waals surface area contributed by atoms with Gasteiger partial charge in [-0.05, 0) is 6.92 Å². The third-order valence-corrected chi connectivity index (χ3v) is 3.59. The molecule has 8 nitrogen and oxygen atoms in total. The molecule has 1 aromatic heterocycles. The van der Waals surface area contributed by atoms with Crippen molar-refractivity contribution in [2.75, 3.05) is 6.61 Å². The zero-order valence-electron chi connectivity index (χ0n) is 10.6. The van der Waals surface area contributed by atoms with Crippen LogP contribution in [0.1, 0.15) is 27.8 Å². The van der Waals surface area contributed by atoms with Crippen LogP contribution in [0.5, 0.6) is 5.75 Å². The van der Waals surface area contributed by atoms with Gasteiger partial charge in [0.1, 0.15) is 5.56 Å². The van der Waals surface area contributed by atoms with Gasteiger partial charge in [0.15, 0.2) is 17.7 Å². The number of aromatic hydroxyl groups is 1. The number of carbonyl (C=O) groups excluding carboxylic acids is 1. The van der Waals surface area contributed by atoms with E-state index in [0.717, 1.165) is 6.20 Å². The van der Waals surface area contributed by atoms with E-state index in [0.29, 0.717) is 6.61 Å². The maximum absolute atomic E-state index is 12.3. The zero-order chi connectivity index (χ0) is 14.6. The molecule has 0 aliphatic carbocycles. The fourth-order valence-corrected chi connectivity index (χ4v) is 2.63. The van der Waals surface area contributed by atoms with Gasteiger partial charge in [0.25, 0.3) is 5.91 Å². The Morgan fingerprint density at radius 3 is 2.80 bits per heavy atom. The first kappa shape index (κ1) is 12.7. The first-order valence-electron chi connectivity index (χ1n) is 6.05. The Morgan fingerprint density at radius 2 is 2.15 bits per heavy atom. The summed E-state index contributed by atoms with van der Waals surface area (Å²) in [6, 6.07) is -0.157. The second-order valence-corrected chi connectivity index (χ2v) is 4.88. The molecule has 0 bridgehead atoms. The van der Waals surface area contributed by atoms with Gasteiger partial charge in [-0.1, -0.05) is 0 Å². The smallest absolute Gasteiger partial charge is 0.341 e. The summed E-state index contributed by atoms with van der Waals surface area (Å²) in [5.74, 6) is -2.80. The molecule has 0 aromatic carbocycles. The molecule has 2 N–H and O–H groups in total. The van der Waals surface area contributed by atoms with Crippen molar-refractivity contribution in [2.45, 2.75) is 25.7 Å². The maximum Gasteiger partial charge on any atom is 0.341 e. The minimum absolute atomic E-state index is 0.157. The Hall–Kier alpha value is -2.35. The molecule has 0 radical (unpaired) electrons. The van der Waals surface area contributed by atoms with Crippen LogP contribution in [0, 0.1) is 0 Å². The Labute approximate surface area is 112 Å². The fraction of sp³-hybridized carbons (Fsp3) is 0.417. The van der Waals surface area contributed by atoms with Crippen LogP contribution in [-0.2, 0) is 11.3 Å². The number of nitrogens with zero attached hydrogens (tertiary/aromatic N) is 2. The second kappa shape index (κ2) is 4.07. The number of carboxylic acid groups (broad SMARTS) is 1. The monoisotopic (exact) mass is 280 g/mol. The number of pyridine rings is 1. The van der Waals surface area contributed by atoms with Crippen LogP contribution in [0.25, 0.3) is 0 Å². The molecule has 0 saturated carbocycles. The molecule has 2 aliphatic heterocycles. The molecule has 2 aliphatic rings. The Balaban J connectivity index is 2.21. The highest BCUT2D eigenvalue weighted by Crippen LogP contribution is 2.29. The Kier molecular flexibility index (Phi) is 2.58. The highest BCUT2D eigenvalue weighted by Gasteiger charge is 2.42. The maximum atomic E-state index is 12.3. The summed E-state index contributed by atoms with van der Waals surface area (Å²) in [6.07, 6.45) is 0.565. The van der Waals surface area contributed by atoms with Gasteiger partial charge in [-0.2, -0.15) is 0 Å². The lowest BCUT2D eigenvalue weighted by Crippen LogP contribution is -2.48. The Morgan fingerprint density at radius 1 is 1.45 bits per heavy atom. The van der Waals surface area contributed by atoms with Gasteiger partial charge in [-0.3, -0.25) is 9.59 Å². The molecule has 1 saturated heterocycles. The minimum atomic E-state index is -1.45. The average molecular weight is 280 g/mol. The number of carbonyl (C=O) groups is 2. The summed E-state index contributed by atoms with van der Waals surface area (Å²) in [4.78, 5) is 36.5. The van der Waals surface area contributed by atoms with Gasteiger partial charge >= 0.3 is 5.97 Å². The summed E-state index contributed by atoms with van der Waals surface area (Å²) in [7, 11) is 0. The lowest BCUT2D eigenvalue weighted by Gasteiger charge is -2.33. The van der Waals surface area contributed by atoms with Crippen molar-refractivity contribution < 1.29 is 24.5 Å². The molecule has 8 heteroatoms. The lowest BCUT2D eigenvalue weighted by molar-refractivity contribution is 0.00616. The van der Waals surface area contributed by atoms with Gasteiger partial charge in [0.2, 0.25) is 5.43 Å². The molecule has 3 rings (SSSR count). The van der Waals surface area contributed by atoms with E-state index < -0.39 is 34.8 Å². The van der Waals surface area contributed by atoms with E-state index in [9.17, 15) is 19.5 Å². The summed E-state index contributed by atoms with van der Waals surface area (Å²) >= 11 is 0. The first-order valence-corrected chi connectivity index (χ1v) is 6.05. The Bertz CT molecular complexity index is 679. The summed E-state index contributed by atoms with van der Waals surface area (Å²) in [5.41, 5.74) is -1.81. The normalized spacial score (nSPS) is 24.4. The van der Waals surface area contributed by atoms with Crippen molar-refractivity contribution >= 4 is 11.9 Å². The molecule has 3 heterocycles. The molecule has 0 spiro atoms. The van der Waals surface area contributed by atoms with Crippen LogP contribution in [0.3, 0.4) is 0 Å². The van der Waals surface area contributed by atoms with Crippen molar-refractivity contribution in [3.05, 3.63) is 27.7 Å².